The monoisotopic (exact) mass is 468 g/mol. The van der Waals surface area contributed by atoms with Gasteiger partial charge in [0.1, 0.15) is 17.1 Å². The number of hydrogen-bond donors (Lipinski definition) is 7. The van der Waals surface area contributed by atoms with Gasteiger partial charge in [-0.05, 0) is 39.1 Å². The Kier molecular flexibility index (Phi) is 4.37. The minimum Gasteiger partial charge on any atom is -0.478 e. The molecule has 0 heterocycles. The topological polar surface area (TPSA) is 223 Å². The van der Waals surface area contributed by atoms with E-state index in [0.717, 1.165) is 10.8 Å². The predicted molar refractivity (Wildman–Crippen MR) is 130 cm³/mol. The molecule has 2 amide bonds. The summed E-state index contributed by atoms with van der Waals surface area (Å²) in [5.74, 6) is -6.23. The third-order valence-electron chi connectivity index (χ3n) is 6.96. The van der Waals surface area contributed by atoms with Gasteiger partial charge in [-0.1, -0.05) is 42.5 Å². The summed E-state index contributed by atoms with van der Waals surface area (Å²) in [6.45, 7) is 0. The molecular weight excluding hydrogens is 448 g/mol. The summed E-state index contributed by atoms with van der Waals surface area (Å²) in [4.78, 5) is 38.8. The van der Waals surface area contributed by atoms with E-state index in [-0.39, 0.29) is 16.7 Å². The maximum absolute atomic E-state index is 13.4. The molecule has 35 heavy (non-hydrogen) atoms. The van der Waals surface area contributed by atoms with E-state index in [1.54, 1.807) is 18.2 Å². The van der Waals surface area contributed by atoms with E-state index in [9.17, 15) is 19.5 Å². The maximum atomic E-state index is 13.4. The van der Waals surface area contributed by atoms with Gasteiger partial charge in [0.05, 0.1) is 5.57 Å². The van der Waals surface area contributed by atoms with Crippen LogP contribution in [0.4, 0.5) is 0 Å². The Morgan fingerprint density at radius 1 is 0.857 bits per heavy atom. The Morgan fingerprint density at radius 3 is 1.97 bits per heavy atom. The molecule has 0 saturated carbocycles. The summed E-state index contributed by atoms with van der Waals surface area (Å²) in [7, 11) is 0. The predicted octanol–water partition coefficient (Wildman–Crippen LogP) is 0.770. The number of carboxylic acid groups (broad SMARTS) is 1. The molecule has 0 radical (unpaired) electrons. The zero-order valence-electron chi connectivity index (χ0n) is 18.2. The lowest BCUT2D eigenvalue weighted by Gasteiger charge is -2.50. The van der Waals surface area contributed by atoms with Gasteiger partial charge < -0.3 is 28.0 Å². The molecule has 0 saturated heterocycles. The average Bonchev–Trinajstić information content (AvgIpc) is 2.79. The van der Waals surface area contributed by atoms with Crippen LogP contribution in [0.5, 0.6) is 0 Å². The summed E-state index contributed by atoms with van der Waals surface area (Å²) in [6.07, 6.45) is 2.79. The molecule has 2 atom stereocenters. The zero-order chi connectivity index (χ0) is 25.4. The van der Waals surface area contributed by atoms with E-state index in [1.807, 2.05) is 24.3 Å². The van der Waals surface area contributed by atoms with E-state index < -0.39 is 51.9 Å². The van der Waals surface area contributed by atoms with E-state index >= 15 is 0 Å². The number of amidine groups is 2. The lowest BCUT2D eigenvalue weighted by Crippen LogP contribution is -2.56. The molecule has 2 aromatic carbocycles. The first kappa shape index (κ1) is 21.8. The number of fused-ring (bicyclic) bond motifs is 2. The van der Waals surface area contributed by atoms with Crippen LogP contribution < -0.4 is 22.9 Å². The summed E-state index contributed by atoms with van der Waals surface area (Å²) in [5.41, 5.74) is 21.8. The molecule has 3 aliphatic rings. The fourth-order valence-corrected chi connectivity index (χ4v) is 5.89. The van der Waals surface area contributed by atoms with Crippen molar-refractivity contribution >= 4 is 51.4 Å². The quantitative estimate of drug-likeness (QED) is 0.248. The second-order valence-corrected chi connectivity index (χ2v) is 8.55. The Labute approximate surface area is 198 Å². The van der Waals surface area contributed by atoms with Crippen LogP contribution >= 0.6 is 0 Å². The second-order valence-electron chi connectivity index (χ2n) is 8.55. The van der Waals surface area contributed by atoms with Crippen molar-refractivity contribution in [1.82, 2.24) is 0 Å². The number of nitrogens with one attached hydrogen (secondary N) is 2. The highest BCUT2D eigenvalue weighted by atomic mass is 16.4. The molecule has 11 N–H and O–H groups in total. The van der Waals surface area contributed by atoms with Crippen molar-refractivity contribution in [3.05, 3.63) is 82.0 Å². The number of primary amides is 2. The molecular formula is C25H20N6O4. The van der Waals surface area contributed by atoms with Crippen LogP contribution in [-0.4, -0.2) is 34.6 Å². The van der Waals surface area contributed by atoms with Crippen LogP contribution in [0.2, 0.25) is 0 Å². The van der Waals surface area contributed by atoms with Gasteiger partial charge in [-0.3, -0.25) is 20.4 Å². The van der Waals surface area contributed by atoms with Gasteiger partial charge in [0.15, 0.2) is 0 Å². The minimum absolute atomic E-state index is 0.0623. The first-order valence-electron chi connectivity index (χ1n) is 10.5. The molecule has 3 aliphatic carbocycles. The first-order valence-corrected chi connectivity index (χ1v) is 10.5. The third-order valence-corrected chi connectivity index (χ3v) is 6.96. The van der Waals surface area contributed by atoms with Gasteiger partial charge in [0, 0.05) is 22.6 Å². The lowest BCUT2D eigenvalue weighted by atomic mass is 9.50. The highest BCUT2D eigenvalue weighted by Crippen LogP contribution is 2.63. The molecule has 0 fully saturated rings. The number of allylic oxidation sites excluding steroid dienone is 4. The number of carboxylic acids is 1. The highest BCUT2D eigenvalue weighted by Gasteiger charge is 2.63. The van der Waals surface area contributed by atoms with E-state index in [4.69, 9.17) is 33.8 Å². The number of aliphatic carboxylic acids is 1. The number of carbonyl (C=O) groups excluding carboxylic acids is 2. The van der Waals surface area contributed by atoms with Gasteiger partial charge in [0.2, 0.25) is 11.8 Å². The zero-order valence-corrected chi connectivity index (χ0v) is 18.2. The van der Waals surface area contributed by atoms with Gasteiger partial charge in [-0.2, -0.15) is 0 Å². The summed E-state index contributed by atoms with van der Waals surface area (Å²) < 4.78 is 0. The van der Waals surface area contributed by atoms with Crippen LogP contribution in [-0.2, 0) is 14.4 Å². The first-order chi connectivity index (χ1) is 16.5. The van der Waals surface area contributed by atoms with Crippen molar-refractivity contribution in [1.29, 1.82) is 10.8 Å². The number of carbonyl (C=O) groups is 3. The van der Waals surface area contributed by atoms with Crippen molar-refractivity contribution in [2.75, 3.05) is 0 Å². The number of amides is 2. The van der Waals surface area contributed by atoms with Gasteiger partial charge in [-0.15, -0.1) is 0 Å². The van der Waals surface area contributed by atoms with Crippen molar-refractivity contribution in [2.45, 2.75) is 0 Å². The molecule has 0 spiro atoms. The van der Waals surface area contributed by atoms with Gasteiger partial charge >= 0.3 is 5.97 Å². The molecule has 5 rings (SSSR count). The molecule has 0 bridgehead atoms. The van der Waals surface area contributed by atoms with Crippen molar-refractivity contribution in [3.63, 3.8) is 0 Å². The Bertz CT molecular complexity index is 1590. The number of rotatable bonds is 5. The minimum atomic E-state index is -2.30. The van der Waals surface area contributed by atoms with E-state index in [0.29, 0.717) is 16.7 Å². The highest BCUT2D eigenvalue weighted by molar-refractivity contribution is 6.28. The van der Waals surface area contributed by atoms with Crippen LogP contribution in [0.1, 0.15) is 11.1 Å². The second kappa shape index (κ2) is 7.00. The Hall–Kier alpha value is -4.99. The van der Waals surface area contributed by atoms with Crippen molar-refractivity contribution in [2.24, 2.45) is 34.3 Å². The van der Waals surface area contributed by atoms with Crippen molar-refractivity contribution < 1.29 is 19.5 Å². The summed E-state index contributed by atoms with van der Waals surface area (Å²) in [5, 5.41) is 28.4. The molecule has 10 nitrogen and oxygen atoms in total. The smallest absolute Gasteiger partial charge is 0.333 e. The number of benzene rings is 2. The van der Waals surface area contributed by atoms with Gasteiger partial charge in [0.25, 0.3) is 0 Å². The molecule has 0 aliphatic heterocycles. The normalized spacial score (nSPS) is 22.2. The standard InChI is InChI=1S/C25H20N6O4/c26-20(27)16-15-12-6-2-4-9-3-1-5-10(14(9)12)11-7-8-13(23(33)34)25(18(11)15,24(31)35)19(22(30)32)17(16)21(28)29/h1-8,18H,(H3,26,27)(H3,28,29)(H2,30,32)(H2,31,35)(H,33,34). The summed E-state index contributed by atoms with van der Waals surface area (Å²) in [6, 6.07) is 10.9. The number of nitrogens with two attached hydrogens (primary N) is 4. The Morgan fingerprint density at radius 2 is 1.46 bits per heavy atom. The van der Waals surface area contributed by atoms with Crippen LogP contribution in [0.3, 0.4) is 0 Å². The van der Waals surface area contributed by atoms with Gasteiger partial charge in [-0.25, -0.2) is 4.79 Å². The van der Waals surface area contributed by atoms with Crippen LogP contribution in [0.15, 0.2) is 70.8 Å². The van der Waals surface area contributed by atoms with Crippen LogP contribution in [0.25, 0.3) is 21.9 Å². The molecule has 0 aromatic heterocycles. The summed E-state index contributed by atoms with van der Waals surface area (Å²) >= 11 is 0. The fraction of sp³-hybridized carbons (Fsp3) is 0.0800. The van der Waals surface area contributed by atoms with Crippen molar-refractivity contribution in [3.8, 4) is 0 Å². The maximum Gasteiger partial charge on any atom is 0.333 e. The Balaban J connectivity index is 2.15. The third kappa shape index (κ3) is 2.50. The lowest BCUT2D eigenvalue weighted by molar-refractivity contribution is -0.137. The van der Waals surface area contributed by atoms with E-state index in [1.165, 1.54) is 6.08 Å². The molecule has 2 aromatic rings. The molecule has 174 valence electrons. The largest absolute Gasteiger partial charge is 0.478 e. The number of hydrogen-bond acceptors (Lipinski definition) is 5. The average molecular weight is 468 g/mol. The fourth-order valence-electron chi connectivity index (χ4n) is 5.89. The molecule has 10 heteroatoms. The van der Waals surface area contributed by atoms with E-state index in [2.05, 4.69) is 0 Å². The SMILES string of the molecule is N=C(N)C1=C2c3cccc4cccc(c34)C3=CC=C(C(=O)O)C(C(N)=O)(C(C(N)=O)=C1C(=N)N)C32. The molecule has 2 unspecified atom stereocenters. The van der Waals surface area contributed by atoms with Crippen LogP contribution in [0, 0.1) is 22.2 Å².